The van der Waals surface area contributed by atoms with Crippen LogP contribution in [0.3, 0.4) is 0 Å². The third kappa shape index (κ3) is 3.20. The minimum atomic E-state index is -0.681. The fourth-order valence-corrected chi connectivity index (χ4v) is 1.63. The Kier molecular flexibility index (Phi) is 4.10. The van der Waals surface area contributed by atoms with Crippen LogP contribution in [0.25, 0.3) is 0 Å². The number of allylic oxidation sites excluding steroid dienone is 4. The lowest BCUT2D eigenvalue weighted by atomic mass is 9.97. The molecule has 1 amide bonds. The Balaban J connectivity index is 2.01. The van der Waals surface area contributed by atoms with Crippen LogP contribution in [0.2, 0.25) is 0 Å². The summed E-state index contributed by atoms with van der Waals surface area (Å²) < 4.78 is 0. The van der Waals surface area contributed by atoms with E-state index in [0.29, 0.717) is 22.5 Å². The number of anilines is 1. The van der Waals surface area contributed by atoms with E-state index in [1.807, 2.05) is 6.07 Å². The van der Waals surface area contributed by atoms with Gasteiger partial charge in [0.1, 0.15) is 5.71 Å². The van der Waals surface area contributed by atoms with Crippen molar-refractivity contribution in [1.82, 2.24) is 0 Å². The summed E-state index contributed by atoms with van der Waals surface area (Å²) in [5.74, 6) is -0.0600. The van der Waals surface area contributed by atoms with Crippen molar-refractivity contribution < 1.29 is 14.4 Å². The number of benzene rings is 1. The zero-order valence-electron chi connectivity index (χ0n) is 11.2. The number of carbonyl (C=O) groups is 2. The minimum Gasteiger partial charge on any atom is -0.297 e. The van der Waals surface area contributed by atoms with Gasteiger partial charge in [0.2, 0.25) is 0 Å². The summed E-state index contributed by atoms with van der Waals surface area (Å²) in [6.45, 7) is 3.47. The van der Waals surface area contributed by atoms with E-state index in [1.54, 1.807) is 38.1 Å². The Morgan fingerprint density at radius 2 is 1.80 bits per heavy atom. The summed E-state index contributed by atoms with van der Waals surface area (Å²) in [6, 6.07) is 8.92. The molecule has 0 unspecified atom stereocenters. The second-order valence-electron chi connectivity index (χ2n) is 4.29. The predicted octanol–water partition coefficient (Wildman–Crippen LogP) is 3.07. The van der Waals surface area contributed by atoms with E-state index in [9.17, 15) is 9.59 Å². The molecule has 0 heterocycles. The fourth-order valence-electron chi connectivity index (χ4n) is 1.63. The molecule has 1 aliphatic rings. The highest BCUT2D eigenvalue weighted by atomic mass is 16.7. The van der Waals surface area contributed by atoms with Crippen LogP contribution in [0.4, 0.5) is 10.5 Å². The maximum absolute atomic E-state index is 11.6. The summed E-state index contributed by atoms with van der Waals surface area (Å²) in [6.07, 6.45) is 2.25. The van der Waals surface area contributed by atoms with Crippen molar-refractivity contribution >= 4 is 23.3 Å². The third-order valence-corrected chi connectivity index (χ3v) is 2.96. The first-order chi connectivity index (χ1) is 9.58. The van der Waals surface area contributed by atoms with Gasteiger partial charge in [0.15, 0.2) is 5.78 Å². The van der Waals surface area contributed by atoms with Crippen molar-refractivity contribution in [2.24, 2.45) is 5.16 Å². The van der Waals surface area contributed by atoms with Crippen LogP contribution < -0.4 is 5.32 Å². The predicted molar refractivity (Wildman–Crippen MR) is 76.5 cm³/mol. The molecule has 0 fully saturated rings. The summed E-state index contributed by atoms with van der Waals surface area (Å²) >= 11 is 0. The molecular formula is C15H14N2O3. The Bertz CT molecular complexity index is 628. The van der Waals surface area contributed by atoms with E-state index in [4.69, 9.17) is 4.84 Å². The molecule has 0 aliphatic heterocycles. The summed E-state index contributed by atoms with van der Waals surface area (Å²) in [7, 11) is 0. The van der Waals surface area contributed by atoms with Gasteiger partial charge in [0.25, 0.3) is 0 Å². The molecule has 0 saturated carbocycles. The zero-order valence-corrected chi connectivity index (χ0v) is 11.2. The zero-order chi connectivity index (χ0) is 14.5. The monoisotopic (exact) mass is 270 g/mol. The van der Waals surface area contributed by atoms with Gasteiger partial charge in [0, 0.05) is 11.3 Å². The van der Waals surface area contributed by atoms with Crippen LogP contribution in [0.5, 0.6) is 0 Å². The third-order valence-electron chi connectivity index (χ3n) is 2.96. The van der Waals surface area contributed by atoms with Gasteiger partial charge in [-0.15, -0.1) is 0 Å². The molecule has 1 aromatic carbocycles. The number of nitrogens with one attached hydrogen (secondary N) is 1. The van der Waals surface area contributed by atoms with Gasteiger partial charge in [-0.05, 0) is 43.7 Å². The standard InChI is InChI=1S/C15H14N2O3/c1-10-11(2)14(18)9-8-13(10)17-20-15(19)16-12-6-4-3-5-7-12/h3-9H,1-2H3,(H,16,19). The molecule has 1 N–H and O–H groups in total. The average molecular weight is 270 g/mol. The van der Waals surface area contributed by atoms with Gasteiger partial charge in [-0.2, -0.15) is 0 Å². The molecule has 102 valence electrons. The maximum Gasteiger partial charge on any atom is 0.437 e. The Morgan fingerprint density at radius 3 is 2.50 bits per heavy atom. The van der Waals surface area contributed by atoms with Crippen molar-refractivity contribution in [2.45, 2.75) is 13.8 Å². The van der Waals surface area contributed by atoms with Gasteiger partial charge in [0.05, 0.1) is 0 Å². The fraction of sp³-hybridized carbons (Fsp3) is 0.133. The first-order valence-corrected chi connectivity index (χ1v) is 6.09. The van der Waals surface area contributed by atoms with Crippen molar-refractivity contribution in [3.05, 3.63) is 53.6 Å². The molecule has 5 heteroatoms. The normalized spacial score (nSPS) is 16.5. The number of nitrogens with zero attached hydrogens (tertiary/aromatic N) is 1. The highest BCUT2D eigenvalue weighted by Crippen LogP contribution is 2.14. The molecule has 5 nitrogen and oxygen atoms in total. The molecule has 0 radical (unpaired) electrons. The van der Waals surface area contributed by atoms with Gasteiger partial charge in [-0.1, -0.05) is 23.4 Å². The second-order valence-corrected chi connectivity index (χ2v) is 4.29. The number of ketones is 1. The number of oxime groups is 1. The van der Waals surface area contributed by atoms with E-state index in [-0.39, 0.29) is 5.78 Å². The van der Waals surface area contributed by atoms with Crippen molar-refractivity contribution in [2.75, 3.05) is 5.32 Å². The largest absolute Gasteiger partial charge is 0.437 e. The van der Waals surface area contributed by atoms with Crippen LogP contribution in [0.15, 0.2) is 58.8 Å². The first-order valence-electron chi connectivity index (χ1n) is 6.09. The van der Waals surface area contributed by atoms with E-state index in [2.05, 4.69) is 10.5 Å². The smallest absolute Gasteiger partial charge is 0.297 e. The lowest BCUT2D eigenvalue weighted by Gasteiger charge is -2.10. The highest BCUT2D eigenvalue weighted by Gasteiger charge is 2.15. The lowest BCUT2D eigenvalue weighted by molar-refractivity contribution is -0.111. The second kappa shape index (κ2) is 5.97. The highest BCUT2D eigenvalue weighted by molar-refractivity contribution is 6.21. The number of hydrogen-bond donors (Lipinski definition) is 1. The lowest BCUT2D eigenvalue weighted by Crippen LogP contribution is -2.15. The van der Waals surface area contributed by atoms with Gasteiger partial charge < -0.3 is 0 Å². The molecule has 20 heavy (non-hydrogen) atoms. The number of amides is 1. The summed E-state index contributed by atoms with van der Waals surface area (Å²) in [5.41, 5.74) is 2.38. The van der Waals surface area contributed by atoms with E-state index in [0.717, 1.165) is 0 Å². The van der Waals surface area contributed by atoms with Gasteiger partial charge >= 0.3 is 6.09 Å². The molecule has 2 rings (SSSR count). The average Bonchev–Trinajstić information content (AvgIpc) is 2.45. The minimum absolute atomic E-state index is 0.0600. The summed E-state index contributed by atoms with van der Waals surface area (Å²) in [5, 5.41) is 6.29. The summed E-state index contributed by atoms with van der Waals surface area (Å²) in [4.78, 5) is 27.8. The van der Waals surface area contributed by atoms with Gasteiger partial charge in [-0.25, -0.2) is 4.79 Å². The van der Waals surface area contributed by atoms with E-state index >= 15 is 0 Å². The molecule has 0 spiro atoms. The maximum atomic E-state index is 11.6. The van der Waals surface area contributed by atoms with Crippen LogP contribution in [-0.4, -0.2) is 17.6 Å². The van der Waals surface area contributed by atoms with Gasteiger partial charge in [-0.3, -0.25) is 14.9 Å². The number of rotatable bonds is 2. The number of carbonyl (C=O) groups excluding carboxylic acids is 2. The Morgan fingerprint density at radius 1 is 1.10 bits per heavy atom. The van der Waals surface area contributed by atoms with E-state index < -0.39 is 6.09 Å². The number of para-hydroxylation sites is 1. The molecule has 0 saturated heterocycles. The molecular weight excluding hydrogens is 256 g/mol. The number of hydrogen-bond acceptors (Lipinski definition) is 4. The quantitative estimate of drug-likeness (QED) is 0.510. The topological polar surface area (TPSA) is 67.8 Å². The van der Waals surface area contributed by atoms with Crippen LogP contribution >= 0.6 is 0 Å². The van der Waals surface area contributed by atoms with Crippen molar-refractivity contribution in [3.8, 4) is 0 Å². The van der Waals surface area contributed by atoms with Crippen LogP contribution in [-0.2, 0) is 9.63 Å². The van der Waals surface area contributed by atoms with E-state index in [1.165, 1.54) is 12.2 Å². The molecule has 1 aromatic rings. The molecule has 1 aliphatic carbocycles. The van der Waals surface area contributed by atoms with Crippen molar-refractivity contribution in [1.29, 1.82) is 0 Å². The van der Waals surface area contributed by atoms with Crippen molar-refractivity contribution in [3.63, 3.8) is 0 Å². The first kappa shape index (κ1) is 13.7. The van der Waals surface area contributed by atoms with Crippen LogP contribution in [0, 0.1) is 0 Å². The Labute approximate surface area is 116 Å². The Hall–Kier alpha value is -2.69. The molecule has 0 aromatic heterocycles. The SMILES string of the molecule is CC1=C(C)C(=NOC(=O)Nc2ccccc2)C=CC1=O. The molecule has 0 atom stereocenters. The molecule has 0 bridgehead atoms. The van der Waals surface area contributed by atoms with Crippen LogP contribution in [0.1, 0.15) is 13.8 Å².